The van der Waals surface area contributed by atoms with Gasteiger partial charge in [0.1, 0.15) is 11.5 Å². The fourth-order valence-electron chi connectivity index (χ4n) is 3.06. The van der Waals surface area contributed by atoms with E-state index in [4.69, 9.17) is 4.42 Å². The molecule has 1 aliphatic rings. The van der Waals surface area contributed by atoms with Gasteiger partial charge >= 0.3 is 0 Å². The zero-order valence-corrected chi connectivity index (χ0v) is 14.2. The van der Waals surface area contributed by atoms with E-state index < -0.39 is 0 Å². The van der Waals surface area contributed by atoms with Gasteiger partial charge in [-0.25, -0.2) is 0 Å². The molecule has 0 spiro atoms. The van der Waals surface area contributed by atoms with Crippen LogP contribution in [0.25, 0.3) is 0 Å². The standard InChI is InChI=1S/C18H32N2O/c1-5-15-9-7-6-8-12-20(15)14-17-11-10-16(21-17)13-19-18(2,3)4/h10-11,15,19H,5-9,12-14H2,1-4H3. The van der Waals surface area contributed by atoms with Gasteiger partial charge in [0, 0.05) is 11.6 Å². The molecule has 0 amide bonds. The van der Waals surface area contributed by atoms with Crippen LogP contribution in [0.1, 0.15) is 71.3 Å². The van der Waals surface area contributed by atoms with Crippen LogP contribution in [0.15, 0.2) is 16.5 Å². The van der Waals surface area contributed by atoms with E-state index in [1.54, 1.807) is 0 Å². The van der Waals surface area contributed by atoms with Gasteiger partial charge in [-0.05, 0) is 58.7 Å². The smallest absolute Gasteiger partial charge is 0.118 e. The highest BCUT2D eigenvalue weighted by atomic mass is 16.3. The SMILES string of the molecule is CCC1CCCCCN1Cc1ccc(CNC(C)(C)C)o1. The summed E-state index contributed by atoms with van der Waals surface area (Å²) in [5.41, 5.74) is 0.130. The van der Waals surface area contributed by atoms with Gasteiger partial charge < -0.3 is 9.73 Å². The second kappa shape index (κ2) is 7.46. The Labute approximate surface area is 130 Å². The normalized spacial score (nSPS) is 21.4. The highest BCUT2D eigenvalue weighted by Gasteiger charge is 2.20. The van der Waals surface area contributed by atoms with E-state index in [2.05, 4.69) is 50.0 Å². The zero-order chi connectivity index (χ0) is 15.3. The summed E-state index contributed by atoms with van der Waals surface area (Å²) in [6.45, 7) is 11.8. The molecule has 0 aliphatic carbocycles. The molecule has 1 atom stereocenters. The Kier molecular flexibility index (Phi) is 5.88. The first-order valence-corrected chi connectivity index (χ1v) is 8.54. The number of nitrogens with zero attached hydrogens (tertiary/aromatic N) is 1. The van der Waals surface area contributed by atoms with E-state index in [9.17, 15) is 0 Å². The Morgan fingerprint density at radius 1 is 1.19 bits per heavy atom. The molecule has 3 heteroatoms. The lowest BCUT2D eigenvalue weighted by Crippen LogP contribution is -2.35. The lowest BCUT2D eigenvalue weighted by Gasteiger charge is -2.28. The Hall–Kier alpha value is -0.800. The molecule has 2 heterocycles. The fourth-order valence-corrected chi connectivity index (χ4v) is 3.06. The van der Waals surface area contributed by atoms with Crippen molar-refractivity contribution in [1.82, 2.24) is 10.2 Å². The highest BCUT2D eigenvalue weighted by Crippen LogP contribution is 2.22. The number of hydrogen-bond donors (Lipinski definition) is 1. The summed E-state index contributed by atoms with van der Waals surface area (Å²) in [7, 11) is 0. The van der Waals surface area contributed by atoms with Gasteiger partial charge in [0.2, 0.25) is 0 Å². The molecule has 1 aromatic rings. The maximum Gasteiger partial charge on any atom is 0.118 e. The molecule has 1 aromatic heterocycles. The Balaban J connectivity index is 1.91. The molecule has 2 rings (SSSR count). The molecule has 1 aliphatic heterocycles. The quantitative estimate of drug-likeness (QED) is 0.876. The molecule has 0 radical (unpaired) electrons. The van der Waals surface area contributed by atoms with Crippen molar-refractivity contribution in [2.45, 2.75) is 84.5 Å². The highest BCUT2D eigenvalue weighted by molar-refractivity contribution is 5.07. The second-order valence-electron chi connectivity index (χ2n) is 7.35. The first kappa shape index (κ1) is 16.6. The molecular formula is C18H32N2O. The summed E-state index contributed by atoms with van der Waals surface area (Å²) in [6, 6.07) is 5.00. The van der Waals surface area contributed by atoms with Crippen LogP contribution in [0.2, 0.25) is 0 Å². The van der Waals surface area contributed by atoms with E-state index in [1.807, 2.05) is 0 Å². The third-order valence-electron chi connectivity index (χ3n) is 4.34. The van der Waals surface area contributed by atoms with E-state index in [-0.39, 0.29) is 5.54 Å². The van der Waals surface area contributed by atoms with Crippen molar-refractivity contribution < 1.29 is 4.42 Å². The minimum Gasteiger partial charge on any atom is -0.463 e. The molecule has 1 fully saturated rings. The van der Waals surface area contributed by atoms with Crippen molar-refractivity contribution in [3.8, 4) is 0 Å². The topological polar surface area (TPSA) is 28.4 Å². The van der Waals surface area contributed by atoms with Crippen LogP contribution in [-0.4, -0.2) is 23.0 Å². The van der Waals surface area contributed by atoms with Crippen LogP contribution in [-0.2, 0) is 13.1 Å². The van der Waals surface area contributed by atoms with Gasteiger partial charge in [-0.15, -0.1) is 0 Å². The Morgan fingerprint density at radius 3 is 2.67 bits per heavy atom. The van der Waals surface area contributed by atoms with Crippen molar-refractivity contribution in [3.63, 3.8) is 0 Å². The van der Waals surface area contributed by atoms with E-state index in [0.717, 1.165) is 30.7 Å². The van der Waals surface area contributed by atoms with E-state index in [1.165, 1.54) is 38.6 Å². The maximum absolute atomic E-state index is 6.01. The van der Waals surface area contributed by atoms with Crippen molar-refractivity contribution in [3.05, 3.63) is 23.7 Å². The third kappa shape index (κ3) is 5.48. The predicted octanol–water partition coefficient (Wildman–Crippen LogP) is 4.32. The van der Waals surface area contributed by atoms with Gasteiger partial charge in [-0.1, -0.05) is 19.8 Å². The van der Waals surface area contributed by atoms with Crippen molar-refractivity contribution in [1.29, 1.82) is 0 Å². The summed E-state index contributed by atoms with van der Waals surface area (Å²) >= 11 is 0. The van der Waals surface area contributed by atoms with E-state index >= 15 is 0 Å². The van der Waals surface area contributed by atoms with Crippen molar-refractivity contribution in [2.24, 2.45) is 0 Å². The number of likely N-dealkylation sites (tertiary alicyclic amines) is 1. The first-order valence-electron chi connectivity index (χ1n) is 8.54. The van der Waals surface area contributed by atoms with Crippen LogP contribution >= 0.6 is 0 Å². The summed E-state index contributed by atoms with van der Waals surface area (Å²) in [6.07, 6.45) is 6.68. The van der Waals surface area contributed by atoms with Gasteiger partial charge in [0.25, 0.3) is 0 Å². The monoisotopic (exact) mass is 292 g/mol. The molecule has 3 nitrogen and oxygen atoms in total. The third-order valence-corrected chi connectivity index (χ3v) is 4.34. The summed E-state index contributed by atoms with van der Waals surface area (Å²) < 4.78 is 6.01. The predicted molar refractivity (Wildman–Crippen MR) is 88.3 cm³/mol. The van der Waals surface area contributed by atoms with Crippen LogP contribution in [0, 0.1) is 0 Å². The minimum absolute atomic E-state index is 0.130. The molecule has 0 bridgehead atoms. The average molecular weight is 292 g/mol. The number of rotatable bonds is 5. The van der Waals surface area contributed by atoms with Gasteiger partial charge in [-0.3, -0.25) is 4.90 Å². The van der Waals surface area contributed by atoms with Crippen molar-refractivity contribution in [2.75, 3.05) is 6.54 Å². The molecule has 0 aromatic carbocycles. The lowest BCUT2D eigenvalue weighted by atomic mass is 10.1. The van der Waals surface area contributed by atoms with Crippen LogP contribution in [0.5, 0.6) is 0 Å². The molecule has 0 saturated carbocycles. The van der Waals surface area contributed by atoms with Gasteiger partial charge in [-0.2, -0.15) is 0 Å². The number of hydrogen-bond acceptors (Lipinski definition) is 3. The molecule has 21 heavy (non-hydrogen) atoms. The molecule has 1 N–H and O–H groups in total. The van der Waals surface area contributed by atoms with Crippen LogP contribution in [0.4, 0.5) is 0 Å². The Morgan fingerprint density at radius 2 is 1.95 bits per heavy atom. The number of nitrogens with one attached hydrogen (secondary N) is 1. The summed E-state index contributed by atoms with van der Waals surface area (Å²) in [5, 5.41) is 3.48. The van der Waals surface area contributed by atoms with Crippen molar-refractivity contribution >= 4 is 0 Å². The first-order chi connectivity index (χ1) is 9.98. The lowest BCUT2D eigenvalue weighted by molar-refractivity contribution is 0.171. The number of furan rings is 1. The zero-order valence-electron chi connectivity index (χ0n) is 14.2. The van der Waals surface area contributed by atoms with Crippen LogP contribution < -0.4 is 5.32 Å². The van der Waals surface area contributed by atoms with Gasteiger partial charge in [0.05, 0.1) is 13.1 Å². The molecular weight excluding hydrogens is 260 g/mol. The largest absolute Gasteiger partial charge is 0.463 e. The average Bonchev–Trinajstić information content (AvgIpc) is 2.74. The summed E-state index contributed by atoms with van der Waals surface area (Å²) in [5.74, 6) is 2.16. The minimum atomic E-state index is 0.130. The maximum atomic E-state index is 6.01. The molecule has 120 valence electrons. The second-order valence-corrected chi connectivity index (χ2v) is 7.35. The van der Waals surface area contributed by atoms with Crippen LogP contribution in [0.3, 0.4) is 0 Å². The van der Waals surface area contributed by atoms with E-state index in [0.29, 0.717) is 0 Å². The van der Waals surface area contributed by atoms with Gasteiger partial charge in [0.15, 0.2) is 0 Å². The molecule has 1 unspecified atom stereocenters. The fraction of sp³-hybridized carbons (Fsp3) is 0.778. The Bertz CT molecular complexity index is 419. The summed E-state index contributed by atoms with van der Waals surface area (Å²) in [4.78, 5) is 2.62. The molecule has 1 saturated heterocycles.